The molecule has 0 aromatic rings. The first-order valence-electron chi connectivity index (χ1n) is 29.9. The fourth-order valence-electron chi connectivity index (χ4n) is 9.25. The molecule has 0 bridgehead atoms. The molecule has 2 rings (SSSR count). The van der Waals surface area contributed by atoms with Gasteiger partial charge in [0.2, 0.25) is 0 Å². The lowest BCUT2D eigenvalue weighted by Crippen LogP contribution is -2.61. The van der Waals surface area contributed by atoms with Crippen LogP contribution in [0.1, 0.15) is 219 Å². The average molecular weight is 1070 g/mol. The lowest BCUT2D eigenvalue weighted by molar-refractivity contribution is -0.332. The van der Waals surface area contributed by atoms with Crippen molar-refractivity contribution in [3.8, 4) is 0 Å². The third-order valence-electron chi connectivity index (χ3n) is 14.0. The standard InChI is InChI=1S/C61H108O14/c1-3-5-7-9-11-13-15-17-19-21-23-24-25-27-29-31-33-35-37-39-41-43-45-70-47-50(73-53(63)44-42-40-38-36-34-32-30-28-26-22-20-18-16-14-12-10-8-6-4-2)48-71-60-59(69)57(67)55(65)52(75-60)49-72-61-58(68)56(66)54(64)51(46-62)74-61/h6,8,12,14,18,20,26,28,32,34,50-52,54-62,64-69H,3-5,7,9-11,13,15-17,19,21-25,27,29-31,33,35-49H2,1-2H3/b8-6-,14-12-,20-18-,28-26-,34-32-. The van der Waals surface area contributed by atoms with E-state index in [1.165, 1.54) is 122 Å². The highest BCUT2D eigenvalue weighted by Crippen LogP contribution is 2.27. The Morgan fingerprint density at radius 2 is 0.867 bits per heavy atom. The van der Waals surface area contributed by atoms with Crippen molar-refractivity contribution in [1.82, 2.24) is 0 Å². The minimum absolute atomic E-state index is 0.0483. The highest BCUT2D eigenvalue weighted by Gasteiger charge is 2.47. The van der Waals surface area contributed by atoms with Crippen LogP contribution in [0.25, 0.3) is 0 Å². The van der Waals surface area contributed by atoms with Gasteiger partial charge in [-0.1, -0.05) is 216 Å². The van der Waals surface area contributed by atoms with E-state index in [0.29, 0.717) is 13.0 Å². The zero-order valence-electron chi connectivity index (χ0n) is 46.8. The predicted octanol–water partition coefficient (Wildman–Crippen LogP) is 10.9. The summed E-state index contributed by atoms with van der Waals surface area (Å²) in [7, 11) is 0. The first-order valence-corrected chi connectivity index (χ1v) is 29.9. The summed E-state index contributed by atoms with van der Waals surface area (Å²) in [5.74, 6) is -0.405. The van der Waals surface area contributed by atoms with E-state index in [1.54, 1.807) is 0 Å². The van der Waals surface area contributed by atoms with Gasteiger partial charge < -0.3 is 64.2 Å². The molecule has 0 spiro atoms. The van der Waals surface area contributed by atoms with Gasteiger partial charge in [-0.05, 0) is 57.8 Å². The Balaban J connectivity index is 1.72. The molecule has 14 nitrogen and oxygen atoms in total. The number of aliphatic hydroxyl groups excluding tert-OH is 7. The molecule has 0 saturated carbocycles. The van der Waals surface area contributed by atoms with Crippen molar-refractivity contribution >= 4 is 5.97 Å². The Labute approximate surface area is 454 Å². The van der Waals surface area contributed by atoms with E-state index in [9.17, 15) is 40.5 Å². The summed E-state index contributed by atoms with van der Waals surface area (Å²) in [5, 5.41) is 72.4. The predicted molar refractivity (Wildman–Crippen MR) is 298 cm³/mol. The SMILES string of the molecule is CC/C=C\C/C=C\C/C=C\C/C=C\C/C=C\CCCCCC(=O)OC(COCCCCCCCCCCCCCCCCCCCCCCCC)COC1OC(COC2OC(CO)C(O)C(O)C2O)C(O)C(O)C1O. The number of hydrogen-bond acceptors (Lipinski definition) is 14. The molecule has 2 saturated heterocycles. The third kappa shape index (κ3) is 34.3. The minimum Gasteiger partial charge on any atom is -0.457 e. The number of rotatable bonds is 48. The molecule has 11 atom stereocenters. The van der Waals surface area contributed by atoms with Crippen LogP contribution in [0.4, 0.5) is 0 Å². The summed E-state index contributed by atoms with van der Waals surface area (Å²) in [4.78, 5) is 13.1. The van der Waals surface area contributed by atoms with E-state index in [1.807, 2.05) is 0 Å². The molecule has 14 heteroatoms. The molecule has 2 heterocycles. The smallest absolute Gasteiger partial charge is 0.306 e. The maximum absolute atomic E-state index is 13.1. The van der Waals surface area contributed by atoms with Crippen LogP contribution in [0.15, 0.2) is 60.8 Å². The second-order valence-electron chi connectivity index (χ2n) is 20.8. The van der Waals surface area contributed by atoms with Crippen LogP contribution in [0.3, 0.4) is 0 Å². The summed E-state index contributed by atoms with van der Waals surface area (Å²) < 4.78 is 34.4. The molecular weight excluding hydrogens is 957 g/mol. The van der Waals surface area contributed by atoms with Gasteiger partial charge in [-0.3, -0.25) is 4.79 Å². The van der Waals surface area contributed by atoms with Gasteiger partial charge in [0.15, 0.2) is 12.6 Å². The van der Waals surface area contributed by atoms with Crippen molar-refractivity contribution in [2.45, 2.75) is 287 Å². The summed E-state index contributed by atoms with van der Waals surface area (Å²) >= 11 is 0. The molecule has 436 valence electrons. The second kappa shape index (κ2) is 47.7. The van der Waals surface area contributed by atoms with E-state index >= 15 is 0 Å². The van der Waals surface area contributed by atoms with Crippen LogP contribution in [0, 0.1) is 0 Å². The van der Waals surface area contributed by atoms with E-state index in [-0.39, 0.29) is 19.6 Å². The number of carbonyl (C=O) groups is 1. The summed E-state index contributed by atoms with van der Waals surface area (Å²) in [6, 6.07) is 0. The normalized spacial score (nSPS) is 25.0. The monoisotopic (exact) mass is 1060 g/mol. The molecule has 0 aliphatic carbocycles. The van der Waals surface area contributed by atoms with Gasteiger partial charge in [-0.2, -0.15) is 0 Å². The Kier molecular flexibility index (Phi) is 43.7. The number of unbranched alkanes of at least 4 members (excludes halogenated alkanes) is 24. The lowest BCUT2D eigenvalue weighted by Gasteiger charge is -2.42. The Morgan fingerprint density at radius 3 is 1.35 bits per heavy atom. The molecule has 2 aliphatic rings. The highest BCUT2D eigenvalue weighted by molar-refractivity contribution is 5.69. The Morgan fingerprint density at radius 1 is 0.453 bits per heavy atom. The number of carbonyl (C=O) groups excluding carboxylic acids is 1. The van der Waals surface area contributed by atoms with Gasteiger partial charge in [0.1, 0.15) is 54.9 Å². The maximum Gasteiger partial charge on any atom is 0.306 e. The van der Waals surface area contributed by atoms with Crippen LogP contribution < -0.4 is 0 Å². The van der Waals surface area contributed by atoms with Gasteiger partial charge in [-0.25, -0.2) is 0 Å². The molecule has 75 heavy (non-hydrogen) atoms. The first-order chi connectivity index (χ1) is 36.6. The van der Waals surface area contributed by atoms with Gasteiger partial charge in [0.25, 0.3) is 0 Å². The van der Waals surface area contributed by atoms with E-state index in [2.05, 4.69) is 74.6 Å². The van der Waals surface area contributed by atoms with Crippen molar-refractivity contribution in [2.75, 3.05) is 33.0 Å². The van der Waals surface area contributed by atoms with Gasteiger partial charge in [-0.15, -0.1) is 0 Å². The fourth-order valence-corrected chi connectivity index (χ4v) is 9.25. The molecular formula is C61H108O14. The highest BCUT2D eigenvalue weighted by atomic mass is 16.7. The second-order valence-corrected chi connectivity index (χ2v) is 20.8. The number of ether oxygens (including phenoxy) is 6. The topological polar surface area (TPSA) is 214 Å². The molecule has 11 unspecified atom stereocenters. The summed E-state index contributed by atoms with van der Waals surface area (Å²) in [6.45, 7) is 3.56. The summed E-state index contributed by atoms with van der Waals surface area (Å²) in [6.07, 6.45) is 42.9. The van der Waals surface area contributed by atoms with Crippen molar-refractivity contribution < 1.29 is 69.0 Å². The summed E-state index contributed by atoms with van der Waals surface area (Å²) in [5.41, 5.74) is 0. The van der Waals surface area contributed by atoms with E-state index < -0.39 is 86.7 Å². The van der Waals surface area contributed by atoms with E-state index in [4.69, 9.17) is 28.4 Å². The largest absolute Gasteiger partial charge is 0.457 e. The fraction of sp³-hybridized carbons (Fsp3) is 0.820. The van der Waals surface area contributed by atoms with Gasteiger partial charge >= 0.3 is 5.97 Å². The van der Waals surface area contributed by atoms with Gasteiger partial charge in [0.05, 0.1) is 26.4 Å². The maximum atomic E-state index is 13.1. The number of hydrogen-bond donors (Lipinski definition) is 7. The van der Waals surface area contributed by atoms with Crippen LogP contribution >= 0.6 is 0 Å². The van der Waals surface area contributed by atoms with Gasteiger partial charge in [0, 0.05) is 13.0 Å². The molecule has 0 amide bonds. The van der Waals surface area contributed by atoms with Crippen LogP contribution in [-0.2, 0) is 33.2 Å². The van der Waals surface area contributed by atoms with Crippen LogP contribution in [0.2, 0.25) is 0 Å². The first kappa shape index (κ1) is 68.8. The van der Waals surface area contributed by atoms with Crippen LogP contribution in [0.5, 0.6) is 0 Å². The lowest BCUT2D eigenvalue weighted by atomic mass is 9.98. The van der Waals surface area contributed by atoms with E-state index in [0.717, 1.165) is 70.6 Å². The molecule has 0 aromatic heterocycles. The van der Waals surface area contributed by atoms with Crippen LogP contribution in [-0.4, -0.2) is 142 Å². The quantitative estimate of drug-likeness (QED) is 0.0172. The third-order valence-corrected chi connectivity index (χ3v) is 14.0. The number of aliphatic hydroxyl groups is 7. The molecule has 7 N–H and O–H groups in total. The number of allylic oxidation sites excluding steroid dienone is 10. The molecule has 2 aliphatic heterocycles. The average Bonchev–Trinajstić information content (AvgIpc) is 3.41. The van der Waals surface area contributed by atoms with Crippen molar-refractivity contribution in [1.29, 1.82) is 0 Å². The van der Waals surface area contributed by atoms with Crippen molar-refractivity contribution in [3.05, 3.63) is 60.8 Å². The molecule has 2 fully saturated rings. The Bertz CT molecular complexity index is 1470. The zero-order chi connectivity index (χ0) is 54.4. The molecule has 0 radical (unpaired) electrons. The minimum atomic E-state index is -1.71. The molecule has 0 aromatic carbocycles. The Hall–Kier alpha value is -2.31. The van der Waals surface area contributed by atoms with Crippen molar-refractivity contribution in [3.63, 3.8) is 0 Å². The van der Waals surface area contributed by atoms with Crippen molar-refractivity contribution in [2.24, 2.45) is 0 Å². The zero-order valence-corrected chi connectivity index (χ0v) is 46.8. The number of esters is 1.